The van der Waals surface area contributed by atoms with Gasteiger partial charge in [-0.1, -0.05) is 51.1 Å². The van der Waals surface area contributed by atoms with Gasteiger partial charge in [-0.2, -0.15) is 26.3 Å². The SMILES string of the molecule is CC(C)(C)C1=C[C@@]2(c3ccccc3)C(C(F)(F)F)=C(C(F)(F)F)P1N2C(C)(C)C. The molecule has 0 saturated heterocycles. The van der Waals surface area contributed by atoms with Gasteiger partial charge in [0.2, 0.25) is 0 Å². The third-order valence-electron chi connectivity index (χ3n) is 5.11. The Labute approximate surface area is 168 Å². The smallest absolute Gasteiger partial charge is 0.252 e. The number of allylic oxidation sites excluding steroid dienone is 2. The van der Waals surface area contributed by atoms with Crippen LogP contribution in [0.25, 0.3) is 0 Å². The summed E-state index contributed by atoms with van der Waals surface area (Å²) in [6.07, 6.45) is -8.75. The lowest BCUT2D eigenvalue weighted by molar-refractivity contribution is -0.118. The number of hydrogen-bond acceptors (Lipinski definition) is 1. The van der Waals surface area contributed by atoms with Gasteiger partial charge in [0.1, 0.15) is 5.54 Å². The molecule has 0 N–H and O–H groups in total. The Hall–Kier alpha value is -1.33. The van der Waals surface area contributed by atoms with Gasteiger partial charge in [0, 0.05) is 13.6 Å². The van der Waals surface area contributed by atoms with E-state index in [2.05, 4.69) is 0 Å². The summed E-state index contributed by atoms with van der Waals surface area (Å²) in [5, 5.41) is -1.00. The number of alkyl halides is 6. The summed E-state index contributed by atoms with van der Waals surface area (Å²) in [5.41, 5.74) is -4.93. The van der Waals surface area contributed by atoms with E-state index in [9.17, 15) is 26.3 Å². The van der Waals surface area contributed by atoms with Crippen LogP contribution in [-0.2, 0) is 5.54 Å². The van der Waals surface area contributed by atoms with Gasteiger partial charge in [-0.3, -0.25) is 4.67 Å². The zero-order chi connectivity index (χ0) is 22.2. The highest BCUT2D eigenvalue weighted by Crippen LogP contribution is 2.82. The molecule has 0 aliphatic carbocycles. The molecule has 8 heteroatoms. The van der Waals surface area contributed by atoms with Crippen molar-refractivity contribution in [3.63, 3.8) is 0 Å². The topological polar surface area (TPSA) is 3.24 Å². The summed E-state index contributed by atoms with van der Waals surface area (Å²) in [7, 11) is -2.37. The fourth-order valence-corrected chi connectivity index (χ4v) is 7.83. The zero-order valence-corrected chi connectivity index (χ0v) is 18.0. The molecule has 0 radical (unpaired) electrons. The van der Waals surface area contributed by atoms with E-state index >= 15 is 0 Å². The van der Waals surface area contributed by atoms with Gasteiger partial charge >= 0.3 is 12.4 Å². The molecule has 2 bridgehead atoms. The molecule has 29 heavy (non-hydrogen) atoms. The molecule has 1 nitrogen and oxygen atoms in total. The first-order valence-electron chi connectivity index (χ1n) is 9.22. The molecule has 0 saturated carbocycles. The molecular formula is C21H24F6NP. The van der Waals surface area contributed by atoms with Crippen LogP contribution in [0.15, 0.2) is 52.6 Å². The monoisotopic (exact) mass is 435 g/mol. The lowest BCUT2D eigenvalue weighted by atomic mass is 9.77. The van der Waals surface area contributed by atoms with Crippen molar-refractivity contribution in [3.05, 3.63) is 58.2 Å². The molecule has 0 spiro atoms. The second-order valence-electron chi connectivity index (χ2n) is 9.43. The van der Waals surface area contributed by atoms with Crippen molar-refractivity contribution in [1.29, 1.82) is 0 Å². The van der Waals surface area contributed by atoms with Crippen molar-refractivity contribution in [2.24, 2.45) is 5.41 Å². The average Bonchev–Trinajstić information content (AvgIpc) is 3.04. The standard InChI is InChI=1S/C21H24F6NP/c1-17(2,3)14-12-19(13-10-8-7-9-11-13)15(20(22,23)24)16(21(25,26)27)29(14)28(19)18(4,5)6/h7-12H,1-6H3/t19-,29?/m1/s1. The van der Waals surface area contributed by atoms with E-state index in [1.807, 2.05) is 0 Å². The Morgan fingerprint density at radius 1 is 0.793 bits per heavy atom. The third-order valence-corrected chi connectivity index (χ3v) is 8.58. The highest BCUT2D eigenvalue weighted by molar-refractivity contribution is 7.65. The Bertz CT molecular complexity index is 868. The number of rotatable bonds is 1. The van der Waals surface area contributed by atoms with Crippen molar-refractivity contribution in [2.45, 2.75) is 65.0 Å². The molecular weight excluding hydrogens is 411 g/mol. The van der Waals surface area contributed by atoms with Crippen LogP contribution in [0.2, 0.25) is 0 Å². The van der Waals surface area contributed by atoms with Gasteiger partial charge in [-0.25, -0.2) is 0 Å². The predicted octanol–water partition coefficient (Wildman–Crippen LogP) is 7.72. The molecule has 0 amide bonds. The van der Waals surface area contributed by atoms with E-state index in [1.54, 1.807) is 59.7 Å². The van der Waals surface area contributed by atoms with Crippen molar-refractivity contribution in [1.82, 2.24) is 4.67 Å². The Kier molecular flexibility index (Phi) is 4.88. The molecule has 2 atom stereocenters. The van der Waals surface area contributed by atoms with E-state index in [0.717, 1.165) is 0 Å². The molecule has 2 aliphatic heterocycles. The number of hydrogen-bond donors (Lipinski definition) is 0. The molecule has 1 aromatic rings. The largest absolute Gasteiger partial charge is 0.418 e. The minimum atomic E-state index is -5.12. The molecule has 0 aromatic heterocycles. The maximum atomic E-state index is 14.3. The normalized spacial score (nSPS) is 26.3. The van der Waals surface area contributed by atoms with Crippen molar-refractivity contribution < 1.29 is 26.3 Å². The minimum Gasteiger partial charge on any atom is -0.252 e. The first-order valence-corrected chi connectivity index (χ1v) is 10.5. The van der Waals surface area contributed by atoms with Crippen LogP contribution in [-0.4, -0.2) is 22.6 Å². The fourth-order valence-electron chi connectivity index (χ4n) is 4.29. The van der Waals surface area contributed by atoms with Crippen LogP contribution in [0.1, 0.15) is 47.1 Å². The Morgan fingerprint density at radius 2 is 1.31 bits per heavy atom. The lowest BCUT2D eigenvalue weighted by Gasteiger charge is -2.45. The second kappa shape index (κ2) is 6.34. The maximum Gasteiger partial charge on any atom is 0.418 e. The average molecular weight is 435 g/mol. The summed E-state index contributed by atoms with van der Waals surface area (Å²) in [5.74, 6) is 0. The van der Waals surface area contributed by atoms with Crippen LogP contribution in [0.3, 0.4) is 0 Å². The van der Waals surface area contributed by atoms with Gasteiger partial charge in [0.05, 0.1) is 10.9 Å². The number of nitrogens with zero attached hydrogens (tertiary/aromatic N) is 1. The molecule has 2 heterocycles. The number of benzene rings is 1. The van der Waals surface area contributed by atoms with Crippen LogP contribution < -0.4 is 0 Å². The zero-order valence-electron chi connectivity index (χ0n) is 17.1. The third kappa shape index (κ3) is 3.34. The van der Waals surface area contributed by atoms with E-state index in [0.29, 0.717) is 5.31 Å². The first-order chi connectivity index (χ1) is 12.9. The van der Waals surface area contributed by atoms with Crippen LogP contribution in [0, 0.1) is 5.41 Å². The number of fused-ring (bicyclic) bond motifs is 2. The summed E-state index contributed by atoms with van der Waals surface area (Å²) < 4.78 is 87.0. The van der Waals surface area contributed by atoms with Gasteiger partial charge in [0.25, 0.3) is 0 Å². The van der Waals surface area contributed by atoms with Gasteiger partial charge in [-0.05, 0) is 43.1 Å². The van der Waals surface area contributed by atoms with Crippen molar-refractivity contribution in [2.75, 3.05) is 0 Å². The molecule has 160 valence electrons. The highest BCUT2D eigenvalue weighted by atomic mass is 31.1. The van der Waals surface area contributed by atoms with E-state index in [4.69, 9.17) is 0 Å². The van der Waals surface area contributed by atoms with Crippen LogP contribution >= 0.6 is 8.07 Å². The van der Waals surface area contributed by atoms with E-state index in [1.165, 1.54) is 22.9 Å². The fraction of sp³-hybridized carbons (Fsp3) is 0.524. The minimum absolute atomic E-state index is 0.202. The highest BCUT2D eigenvalue weighted by Gasteiger charge is 2.71. The van der Waals surface area contributed by atoms with Crippen LogP contribution in [0.4, 0.5) is 26.3 Å². The first kappa shape index (κ1) is 22.4. The molecule has 2 aliphatic rings. The summed E-state index contributed by atoms with van der Waals surface area (Å²) in [4.78, 5) is 0. The summed E-state index contributed by atoms with van der Waals surface area (Å²) in [6, 6.07) is 7.74. The number of halogens is 6. The Morgan fingerprint density at radius 3 is 1.69 bits per heavy atom. The van der Waals surface area contributed by atoms with Gasteiger partial charge in [0.15, 0.2) is 0 Å². The van der Waals surface area contributed by atoms with Crippen LogP contribution in [0.5, 0.6) is 0 Å². The lowest BCUT2D eigenvalue weighted by Crippen LogP contribution is -2.49. The van der Waals surface area contributed by atoms with Gasteiger partial charge in [-0.15, -0.1) is 0 Å². The molecule has 3 rings (SSSR count). The molecule has 0 fully saturated rings. The second-order valence-corrected chi connectivity index (χ2v) is 11.4. The van der Waals surface area contributed by atoms with Crippen molar-refractivity contribution >= 4 is 8.07 Å². The quantitative estimate of drug-likeness (QED) is 0.323. The van der Waals surface area contributed by atoms with E-state index < -0.39 is 47.8 Å². The van der Waals surface area contributed by atoms with E-state index in [-0.39, 0.29) is 5.56 Å². The molecule has 1 unspecified atom stereocenters. The van der Waals surface area contributed by atoms with Gasteiger partial charge < -0.3 is 0 Å². The molecule has 1 aromatic carbocycles. The predicted molar refractivity (Wildman–Crippen MR) is 103 cm³/mol. The van der Waals surface area contributed by atoms with Crippen molar-refractivity contribution in [3.8, 4) is 0 Å². The summed E-state index contributed by atoms with van der Waals surface area (Å²) >= 11 is 0. The summed E-state index contributed by atoms with van der Waals surface area (Å²) in [6.45, 7) is 10.3. The maximum absolute atomic E-state index is 14.3. The Balaban J connectivity index is 2.52.